The predicted molar refractivity (Wildman–Crippen MR) is 113 cm³/mol. The molecule has 6 rings (SSSR count). The maximum absolute atomic E-state index is 5.47. The Morgan fingerprint density at radius 3 is 2.33 bits per heavy atom. The highest BCUT2D eigenvalue weighted by Gasteiger charge is 2.52. The van der Waals surface area contributed by atoms with E-state index in [0.717, 1.165) is 30.1 Å². The van der Waals surface area contributed by atoms with Crippen molar-refractivity contribution in [1.82, 2.24) is 15.1 Å². The molecule has 142 valence electrons. The predicted octanol–water partition coefficient (Wildman–Crippen LogP) is 4.60. The van der Waals surface area contributed by atoms with Crippen LogP contribution in [0, 0.1) is 24.7 Å². The standard InChI is InChI=1S/C22H28N4S/c1-15-2-4-16(5-3-15)14-23-21(27)24-20-6-7-26(25-20)22-11-17-8-18(12-22)10-19(9-17)13-22/h2-7,17-19H,8-14H2,1H3,(H2,23,24,25,27). The van der Waals surface area contributed by atoms with Gasteiger partial charge in [0.15, 0.2) is 10.9 Å². The molecule has 5 heteroatoms. The fraction of sp³-hybridized carbons (Fsp3) is 0.545. The lowest BCUT2D eigenvalue weighted by atomic mass is 9.53. The molecular formula is C22H28N4S. The lowest BCUT2D eigenvalue weighted by Crippen LogP contribution is -2.52. The number of rotatable bonds is 4. The highest BCUT2D eigenvalue weighted by molar-refractivity contribution is 7.80. The number of nitrogens with zero attached hydrogens (tertiary/aromatic N) is 2. The quantitative estimate of drug-likeness (QED) is 0.761. The summed E-state index contributed by atoms with van der Waals surface area (Å²) < 4.78 is 2.27. The summed E-state index contributed by atoms with van der Waals surface area (Å²) in [6, 6.07) is 10.6. The molecule has 4 saturated carbocycles. The largest absolute Gasteiger partial charge is 0.358 e. The zero-order valence-corrected chi connectivity index (χ0v) is 16.8. The molecule has 1 heterocycles. The van der Waals surface area contributed by atoms with E-state index in [0.29, 0.717) is 5.11 Å². The number of aromatic nitrogens is 2. The van der Waals surface area contributed by atoms with Gasteiger partial charge in [-0.15, -0.1) is 0 Å². The average Bonchev–Trinajstić information content (AvgIpc) is 3.09. The first-order valence-electron chi connectivity index (χ1n) is 10.2. The molecular weight excluding hydrogens is 352 g/mol. The highest BCUT2D eigenvalue weighted by atomic mass is 32.1. The van der Waals surface area contributed by atoms with E-state index in [9.17, 15) is 0 Å². The second-order valence-corrected chi connectivity index (χ2v) is 9.49. The zero-order valence-electron chi connectivity index (χ0n) is 15.9. The Balaban J connectivity index is 1.22. The summed E-state index contributed by atoms with van der Waals surface area (Å²) in [4.78, 5) is 0. The van der Waals surface area contributed by atoms with Crippen molar-refractivity contribution in [3.8, 4) is 0 Å². The molecule has 4 aliphatic carbocycles. The van der Waals surface area contributed by atoms with Gasteiger partial charge in [-0.05, 0) is 81.0 Å². The second-order valence-electron chi connectivity index (χ2n) is 9.08. The van der Waals surface area contributed by atoms with Crippen LogP contribution < -0.4 is 10.6 Å². The van der Waals surface area contributed by atoms with Crippen LogP contribution in [-0.4, -0.2) is 14.9 Å². The summed E-state index contributed by atoms with van der Waals surface area (Å²) in [5.74, 6) is 3.63. The van der Waals surface area contributed by atoms with E-state index in [1.54, 1.807) is 0 Å². The monoisotopic (exact) mass is 380 g/mol. The van der Waals surface area contributed by atoms with Gasteiger partial charge in [0, 0.05) is 18.8 Å². The van der Waals surface area contributed by atoms with Crippen molar-refractivity contribution in [3.05, 3.63) is 47.7 Å². The molecule has 2 aromatic rings. The van der Waals surface area contributed by atoms with Crippen LogP contribution in [0.25, 0.3) is 0 Å². The van der Waals surface area contributed by atoms with Crippen LogP contribution in [-0.2, 0) is 12.1 Å². The van der Waals surface area contributed by atoms with Crippen LogP contribution in [0.5, 0.6) is 0 Å². The maximum Gasteiger partial charge on any atom is 0.172 e. The SMILES string of the molecule is Cc1ccc(CNC(=S)Nc2ccn(C34CC5CC(CC(C5)C3)C4)n2)cc1. The fourth-order valence-corrected chi connectivity index (χ4v) is 6.23. The lowest BCUT2D eigenvalue weighted by Gasteiger charge is -2.56. The van der Waals surface area contributed by atoms with E-state index < -0.39 is 0 Å². The molecule has 1 aromatic carbocycles. The molecule has 4 fully saturated rings. The van der Waals surface area contributed by atoms with Crippen molar-refractivity contribution in [2.24, 2.45) is 17.8 Å². The van der Waals surface area contributed by atoms with Crippen LogP contribution in [0.3, 0.4) is 0 Å². The number of nitrogens with one attached hydrogen (secondary N) is 2. The third kappa shape index (κ3) is 3.38. The molecule has 2 N–H and O–H groups in total. The van der Waals surface area contributed by atoms with E-state index in [2.05, 4.69) is 58.8 Å². The Kier molecular flexibility index (Phi) is 4.23. The Hall–Kier alpha value is -1.88. The third-order valence-electron chi connectivity index (χ3n) is 6.90. The lowest BCUT2D eigenvalue weighted by molar-refractivity contribution is -0.0492. The van der Waals surface area contributed by atoms with Crippen molar-refractivity contribution >= 4 is 23.1 Å². The van der Waals surface area contributed by atoms with Crippen molar-refractivity contribution in [2.75, 3.05) is 5.32 Å². The summed E-state index contributed by atoms with van der Waals surface area (Å²) in [6.45, 7) is 2.82. The van der Waals surface area contributed by atoms with Gasteiger partial charge < -0.3 is 10.6 Å². The minimum Gasteiger partial charge on any atom is -0.358 e. The van der Waals surface area contributed by atoms with Gasteiger partial charge in [0.05, 0.1) is 5.54 Å². The Labute approximate surface area is 166 Å². The van der Waals surface area contributed by atoms with E-state index in [4.69, 9.17) is 17.3 Å². The van der Waals surface area contributed by atoms with Crippen LogP contribution in [0.2, 0.25) is 0 Å². The van der Waals surface area contributed by atoms with E-state index >= 15 is 0 Å². The first-order chi connectivity index (χ1) is 13.1. The minimum absolute atomic E-state index is 0.269. The van der Waals surface area contributed by atoms with Gasteiger partial charge >= 0.3 is 0 Å². The first kappa shape index (κ1) is 17.2. The average molecular weight is 381 g/mol. The minimum atomic E-state index is 0.269. The molecule has 0 radical (unpaired) electrons. The number of hydrogen-bond acceptors (Lipinski definition) is 2. The number of anilines is 1. The number of thiocarbonyl (C=S) groups is 1. The van der Waals surface area contributed by atoms with Gasteiger partial charge in [0.2, 0.25) is 0 Å². The molecule has 0 saturated heterocycles. The maximum atomic E-state index is 5.47. The number of aryl methyl sites for hydroxylation is 1. The Bertz CT molecular complexity index is 803. The van der Waals surface area contributed by atoms with Gasteiger partial charge in [-0.2, -0.15) is 5.10 Å². The molecule has 27 heavy (non-hydrogen) atoms. The summed E-state index contributed by atoms with van der Waals surface area (Å²) in [7, 11) is 0. The topological polar surface area (TPSA) is 41.9 Å². The Morgan fingerprint density at radius 2 is 1.70 bits per heavy atom. The van der Waals surface area contributed by atoms with E-state index in [1.807, 2.05) is 0 Å². The van der Waals surface area contributed by atoms with Gasteiger partial charge in [-0.1, -0.05) is 29.8 Å². The smallest absolute Gasteiger partial charge is 0.172 e. The summed E-state index contributed by atoms with van der Waals surface area (Å²) >= 11 is 5.47. The summed E-state index contributed by atoms with van der Waals surface area (Å²) in [6.07, 6.45) is 10.5. The molecule has 0 atom stereocenters. The zero-order chi connectivity index (χ0) is 18.4. The third-order valence-corrected chi connectivity index (χ3v) is 7.14. The van der Waals surface area contributed by atoms with Gasteiger partial charge in [0.1, 0.15) is 0 Å². The summed E-state index contributed by atoms with van der Waals surface area (Å²) in [5.41, 5.74) is 2.77. The van der Waals surface area contributed by atoms with E-state index in [-0.39, 0.29) is 5.54 Å². The Morgan fingerprint density at radius 1 is 1.07 bits per heavy atom. The van der Waals surface area contributed by atoms with Gasteiger partial charge in [-0.25, -0.2) is 0 Å². The van der Waals surface area contributed by atoms with Crippen molar-refractivity contribution in [1.29, 1.82) is 0 Å². The van der Waals surface area contributed by atoms with Crippen LogP contribution in [0.1, 0.15) is 49.7 Å². The fourth-order valence-electron chi connectivity index (χ4n) is 6.05. The molecule has 1 aromatic heterocycles. The number of benzene rings is 1. The molecule has 0 amide bonds. The number of hydrogen-bond donors (Lipinski definition) is 2. The molecule has 0 aliphatic heterocycles. The molecule has 4 nitrogen and oxygen atoms in total. The molecule has 0 spiro atoms. The second kappa shape index (κ2) is 6.62. The normalized spacial score (nSPS) is 31.1. The van der Waals surface area contributed by atoms with Crippen LogP contribution in [0.15, 0.2) is 36.5 Å². The van der Waals surface area contributed by atoms with Crippen molar-refractivity contribution in [3.63, 3.8) is 0 Å². The van der Waals surface area contributed by atoms with Gasteiger partial charge in [0.25, 0.3) is 0 Å². The van der Waals surface area contributed by atoms with Crippen molar-refractivity contribution in [2.45, 2.75) is 57.5 Å². The van der Waals surface area contributed by atoms with E-state index in [1.165, 1.54) is 49.7 Å². The van der Waals surface area contributed by atoms with Crippen molar-refractivity contribution < 1.29 is 0 Å². The first-order valence-corrected chi connectivity index (χ1v) is 10.7. The van der Waals surface area contributed by atoms with Crippen LogP contribution in [0.4, 0.5) is 5.82 Å². The molecule has 0 unspecified atom stereocenters. The van der Waals surface area contributed by atoms with Gasteiger partial charge in [-0.3, -0.25) is 4.68 Å². The summed E-state index contributed by atoms with van der Waals surface area (Å²) in [5, 5.41) is 12.1. The molecule has 4 aliphatic rings. The highest BCUT2D eigenvalue weighted by Crippen LogP contribution is 2.58. The molecule has 4 bridgehead atoms. The van der Waals surface area contributed by atoms with Crippen LogP contribution >= 0.6 is 12.2 Å².